The summed E-state index contributed by atoms with van der Waals surface area (Å²) < 4.78 is 11.3. The molecule has 3 rings (SSSR count). The molecule has 1 amide bonds. The highest BCUT2D eigenvalue weighted by molar-refractivity contribution is 5.96. The van der Waals surface area contributed by atoms with Gasteiger partial charge in [0, 0.05) is 5.56 Å². The molecule has 0 spiro atoms. The minimum Gasteiger partial charge on any atom is -0.497 e. The maximum atomic E-state index is 12.6. The van der Waals surface area contributed by atoms with E-state index in [0.29, 0.717) is 22.2 Å². The van der Waals surface area contributed by atoms with Crippen LogP contribution in [-0.2, 0) is 16.3 Å². The number of methoxy groups -OCH3 is 1. The Bertz CT molecular complexity index is 1110. The van der Waals surface area contributed by atoms with Gasteiger partial charge in [-0.1, -0.05) is 31.2 Å². The Morgan fingerprint density at radius 1 is 1.10 bits per heavy atom. The van der Waals surface area contributed by atoms with Crippen LogP contribution in [0.4, 0.5) is 0 Å². The Morgan fingerprint density at radius 3 is 2.47 bits per heavy atom. The summed E-state index contributed by atoms with van der Waals surface area (Å²) in [5.74, 6) is -0.711. The molecule has 0 saturated carbocycles. The van der Waals surface area contributed by atoms with E-state index in [0.717, 1.165) is 4.68 Å². The maximum Gasteiger partial charge on any atom is 0.330 e. The molecular weight excluding hydrogens is 388 g/mol. The highest BCUT2D eigenvalue weighted by Gasteiger charge is 2.26. The third kappa shape index (κ3) is 4.62. The van der Waals surface area contributed by atoms with Gasteiger partial charge in [0.15, 0.2) is 6.73 Å². The fourth-order valence-electron chi connectivity index (χ4n) is 2.79. The molecule has 156 valence electrons. The molecule has 1 N–H and O–H groups in total. The largest absolute Gasteiger partial charge is 0.497 e. The molecule has 0 bridgehead atoms. The van der Waals surface area contributed by atoms with Gasteiger partial charge in [-0.15, -0.1) is 5.10 Å². The lowest BCUT2D eigenvalue weighted by atomic mass is 10.0. The first kappa shape index (κ1) is 21.0. The average Bonchev–Trinajstić information content (AvgIpc) is 2.76. The number of fused-ring (bicyclic) bond motifs is 1. The monoisotopic (exact) mass is 410 g/mol. The van der Waals surface area contributed by atoms with Crippen molar-refractivity contribution in [1.29, 1.82) is 0 Å². The van der Waals surface area contributed by atoms with E-state index >= 15 is 0 Å². The molecule has 30 heavy (non-hydrogen) atoms. The van der Waals surface area contributed by atoms with Gasteiger partial charge >= 0.3 is 5.97 Å². The first-order valence-electron chi connectivity index (χ1n) is 9.35. The van der Waals surface area contributed by atoms with Crippen LogP contribution in [-0.4, -0.2) is 40.0 Å². The number of benzene rings is 2. The highest BCUT2D eigenvalue weighted by Crippen LogP contribution is 2.12. The van der Waals surface area contributed by atoms with E-state index in [2.05, 4.69) is 15.6 Å². The number of esters is 1. The van der Waals surface area contributed by atoms with Crippen LogP contribution in [0.5, 0.6) is 5.75 Å². The summed E-state index contributed by atoms with van der Waals surface area (Å²) in [5.41, 5.74) is 0.416. The number of amides is 1. The first-order valence-corrected chi connectivity index (χ1v) is 9.35. The molecule has 0 aliphatic carbocycles. The van der Waals surface area contributed by atoms with Crippen LogP contribution in [0.1, 0.15) is 24.2 Å². The Labute approximate surface area is 172 Å². The van der Waals surface area contributed by atoms with Crippen molar-refractivity contribution < 1.29 is 19.1 Å². The summed E-state index contributed by atoms with van der Waals surface area (Å²) in [4.78, 5) is 37.5. The summed E-state index contributed by atoms with van der Waals surface area (Å²) in [6.45, 7) is 3.15. The van der Waals surface area contributed by atoms with Crippen molar-refractivity contribution in [2.45, 2.75) is 26.6 Å². The fraction of sp³-hybridized carbons (Fsp3) is 0.286. The zero-order chi connectivity index (χ0) is 21.7. The molecule has 9 nitrogen and oxygen atoms in total. The van der Waals surface area contributed by atoms with E-state index in [4.69, 9.17) is 9.47 Å². The lowest BCUT2D eigenvalue weighted by Gasteiger charge is -2.21. The molecule has 0 fully saturated rings. The van der Waals surface area contributed by atoms with Crippen molar-refractivity contribution in [3.8, 4) is 5.75 Å². The van der Waals surface area contributed by atoms with Gasteiger partial charge in [0.2, 0.25) is 0 Å². The minimum absolute atomic E-state index is 0.237. The lowest BCUT2D eigenvalue weighted by Crippen LogP contribution is -2.45. The van der Waals surface area contributed by atoms with Gasteiger partial charge in [-0.25, -0.2) is 4.79 Å². The number of hydrogen-bond donors (Lipinski definition) is 1. The number of hydrogen-bond acceptors (Lipinski definition) is 7. The van der Waals surface area contributed by atoms with Crippen molar-refractivity contribution in [3.63, 3.8) is 0 Å². The lowest BCUT2D eigenvalue weighted by molar-refractivity contribution is -0.151. The predicted molar refractivity (Wildman–Crippen MR) is 109 cm³/mol. The summed E-state index contributed by atoms with van der Waals surface area (Å²) in [6, 6.07) is 12.4. The molecule has 0 saturated heterocycles. The third-order valence-corrected chi connectivity index (χ3v) is 4.52. The van der Waals surface area contributed by atoms with Crippen LogP contribution in [0.15, 0.2) is 53.3 Å². The van der Waals surface area contributed by atoms with E-state index in [1.807, 2.05) is 0 Å². The van der Waals surface area contributed by atoms with Crippen molar-refractivity contribution >= 4 is 22.8 Å². The summed E-state index contributed by atoms with van der Waals surface area (Å²) >= 11 is 0. The Kier molecular flexibility index (Phi) is 6.41. The predicted octanol–water partition coefficient (Wildman–Crippen LogP) is 1.76. The fourth-order valence-corrected chi connectivity index (χ4v) is 2.79. The van der Waals surface area contributed by atoms with E-state index in [1.165, 1.54) is 7.11 Å². The summed E-state index contributed by atoms with van der Waals surface area (Å²) in [5, 5.41) is 10.8. The zero-order valence-electron chi connectivity index (χ0n) is 16.9. The van der Waals surface area contributed by atoms with Gasteiger partial charge in [-0.3, -0.25) is 9.59 Å². The number of rotatable bonds is 7. The Morgan fingerprint density at radius 2 is 1.80 bits per heavy atom. The molecule has 0 aliphatic heterocycles. The van der Waals surface area contributed by atoms with Crippen molar-refractivity contribution in [2.24, 2.45) is 5.92 Å². The topological polar surface area (TPSA) is 112 Å². The molecule has 2 aromatic carbocycles. The highest BCUT2D eigenvalue weighted by atomic mass is 16.5. The molecule has 0 unspecified atom stereocenters. The van der Waals surface area contributed by atoms with Gasteiger partial charge in [-0.05, 0) is 42.3 Å². The van der Waals surface area contributed by atoms with Crippen molar-refractivity contribution in [1.82, 2.24) is 20.3 Å². The van der Waals surface area contributed by atoms with E-state index in [9.17, 15) is 14.4 Å². The van der Waals surface area contributed by atoms with E-state index < -0.39 is 30.2 Å². The second kappa shape index (κ2) is 9.17. The molecule has 0 aliphatic rings. The second-order valence-electron chi connectivity index (χ2n) is 6.93. The van der Waals surface area contributed by atoms with E-state index in [1.54, 1.807) is 62.4 Å². The van der Waals surface area contributed by atoms with Crippen LogP contribution in [0.2, 0.25) is 0 Å². The number of nitrogens with one attached hydrogen (secondary N) is 1. The Hall–Kier alpha value is -3.75. The number of ether oxygens (including phenoxy) is 2. The van der Waals surface area contributed by atoms with Gasteiger partial charge < -0.3 is 14.8 Å². The summed E-state index contributed by atoms with van der Waals surface area (Å²) in [7, 11) is 1.53. The number of carbonyl (C=O) groups excluding carboxylic acids is 2. The number of aromatic nitrogens is 3. The van der Waals surface area contributed by atoms with Crippen molar-refractivity contribution in [2.75, 3.05) is 7.11 Å². The second-order valence-corrected chi connectivity index (χ2v) is 6.93. The van der Waals surface area contributed by atoms with Crippen LogP contribution in [0.3, 0.4) is 0 Å². The van der Waals surface area contributed by atoms with E-state index in [-0.39, 0.29) is 5.92 Å². The maximum absolute atomic E-state index is 12.6. The van der Waals surface area contributed by atoms with Crippen LogP contribution in [0.25, 0.3) is 10.9 Å². The number of nitrogens with zero attached hydrogens (tertiary/aromatic N) is 3. The van der Waals surface area contributed by atoms with Gasteiger partial charge in [0.05, 0.1) is 12.5 Å². The third-order valence-electron chi connectivity index (χ3n) is 4.52. The average molecular weight is 410 g/mol. The smallest absolute Gasteiger partial charge is 0.330 e. The molecule has 1 atom stereocenters. The zero-order valence-corrected chi connectivity index (χ0v) is 16.9. The molecule has 9 heteroatoms. The molecular formula is C21H22N4O5. The van der Waals surface area contributed by atoms with Crippen LogP contribution in [0, 0.1) is 5.92 Å². The summed E-state index contributed by atoms with van der Waals surface area (Å²) in [6.07, 6.45) is 0. The normalized spacial score (nSPS) is 11.9. The van der Waals surface area contributed by atoms with Crippen molar-refractivity contribution in [3.05, 3.63) is 64.4 Å². The molecule has 1 heterocycles. The quantitative estimate of drug-likeness (QED) is 0.591. The van der Waals surface area contributed by atoms with Crippen LogP contribution >= 0.6 is 0 Å². The minimum atomic E-state index is -0.899. The first-order chi connectivity index (χ1) is 14.4. The Balaban J connectivity index is 1.69. The van der Waals surface area contributed by atoms with Gasteiger partial charge in [0.25, 0.3) is 11.5 Å². The molecule has 0 radical (unpaired) electrons. The SMILES string of the molecule is COc1ccc(C(=O)N[C@H](C(=O)OCn2nnc3ccccc3c2=O)C(C)C)cc1. The number of carbonyl (C=O) groups is 2. The molecule has 3 aromatic rings. The van der Waals surface area contributed by atoms with Crippen LogP contribution < -0.4 is 15.6 Å². The standard InChI is InChI=1S/C21H22N4O5/c1-13(2)18(22-19(26)14-8-10-15(29-3)11-9-14)21(28)30-12-25-20(27)16-6-4-5-7-17(16)23-24-25/h4-11,13,18H,12H2,1-3H3,(H,22,26)/t18-/m0/s1. The van der Waals surface area contributed by atoms with Gasteiger partial charge in [0.1, 0.15) is 17.3 Å². The van der Waals surface area contributed by atoms with Gasteiger partial charge in [-0.2, -0.15) is 4.68 Å². The molecule has 1 aromatic heterocycles.